The zero-order valence-corrected chi connectivity index (χ0v) is 18.7. The molecule has 164 valence electrons. The molecule has 1 aliphatic carbocycles. The Morgan fingerprint density at radius 3 is 2.52 bits per heavy atom. The van der Waals surface area contributed by atoms with Crippen molar-refractivity contribution in [1.29, 1.82) is 0 Å². The van der Waals surface area contributed by atoms with Crippen molar-refractivity contribution in [2.45, 2.75) is 52.2 Å². The first kappa shape index (κ1) is 22.4. The summed E-state index contributed by atoms with van der Waals surface area (Å²) in [6.07, 6.45) is 3.58. The molecule has 1 saturated carbocycles. The highest BCUT2D eigenvalue weighted by atomic mass is 16.5. The number of anilines is 1. The van der Waals surface area contributed by atoms with Crippen molar-refractivity contribution in [3.8, 4) is 5.75 Å². The van der Waals surface area contributed by atoms with Crippen LogP contribution < -0.4 is 9.64 Å². The Labute approximate surface area is 177 Å². The molecule has 0 amide bonds. The number of aliphatic hydroxyl groups excluding tert-OH is 1. The van der Waals surface area contributed by atoms with Gasteiger partial charge in [0.15, 0.2) is 0 Å². The molecule has 0 unspecified atom stereocenters. The Balaban J connectivity index is 1.43. The third-order valence-electron chi connectivity index (χ3n) is 6.73. The molecule has 1 aromatic rings. The van der Waals surface area contributed by atoms with Crippen molar-refractivity contribution in [3.05, 3.63) is 24.3 Å². The summed E-state index contributed by atoms with van der Waals surface area (Å²) in [5.74, 6) is 2.93. The predicted octanol–water partition coefficient (Wildman–Crippen LogP) is 3.66. The molecule has 0 aromatic heterocycles. The van der Waals surface area contributed by atoms with Crippen LogP contribution in [-0.4, -0.2) is 68.7 Å². The number of piperazine rings is 1. The molecule has 0 bridgehead atoms. The molecule has 1 heterocycles. The van der Waals surface area contributed by atoms with Crippen molar-refractivity contribution < 1.29 is 14.6 Å². The van der Waals surface area contributed by atoms with Gasteiger partial charge in [0.25, 0.3) is 0 Å². The van der Waals surface area contributed by atoms with Gasteiger partial charge in [-0.05, 0) is 42.7 Å². The molecule has 29 heavy (non-hydrogen) atoms. The van der Waals surface area contributed by atoms with Gasteiger partial charge in [-0.15, -0.1) is 0 Å². The average Bonchev–Trinajstić information content (AvgIpc) is 2.72. The second-order valence-corrected chi connectivity index (χ2v) is 9.31. The molecule has 0 spiro atoms. The number of β-amino-alcohol motifs (C(OH)–C–C–N with tert-alkyl or cyclic N) is 1. The molecule has 4 atom stereocenters. The van der Waals surface area contributed by atoms with Crippen molar-refractivity contribution in [1.82, 2.24) is 4.90 Å². The minimum atomic E-state index is -0.419. The minimum absolute atomic E-state index is 0.302. The van der Waals surface area contributed by atoms with Crippen LogP contribution >= 0.6 is 0 Å². The lowest BCUT2D eigenvalue weighted by Gasteiger charge is -2.39. The van der Waals surface area contributed by atoms with Crippen LogP contribution in [0.1, 0.15) is 40.0 Å². The zero-order valence-electron chi connectivity index (χ0n) is 18.7. The normalized spacial score (nSPS) is 27.2. The summed E-state index contributed by atoms with van der Waals surface area (Å²) in [7, 11) is 1.72. The number of hydrogen-bond acceptors (Lipinski definition) is 5. The van der Waals surface area contributed by atoms with Gasteiger partial charge in [-0.1, -0.05) is 39.3 Å². The number of hydrogen-bond donors (Lipinski definition) is 1. The fourth-order valence-electron chi connectivity index (χ4n) is 4.95. The third-order valence-corrected chi connectivity index (χ3v) is 6.73. The van der Waals surface area contributed by atoms with Crippen molar-refractivity contribution >= 4 is 5.69 Å². The highest BCUT2D eigenvalue weighted by molar-refractivity contribution is 5.58. The van der Waals surface area contributed by atoms with Crippen LogP contribution in [-0.2, 0) is 4.74 Å². The van der Waals surface area contributed by atoms with Crippen molar-refractivity contribution in [2.75, 3.05) is 51.3 Å². The van der Waals surface area contributed by atoms with E-state index in [-0.39, 0.29) is 0 Å². The maximum Gasteiger partial charge on any atom is 0.142 e. The fourth-order valence-corrected chi connectivity index (χ4v) is 4.95. The highest BCUT2D eigenvalue weighted by Gasteiger charge is 2.32. The van der Waals surface area contributed by atoms with Gasteiger partial charge in [-0.2, -0.15) is 0 Å². The van der Waals surface area contributed by atoms with Gasteiger partial charge < -0.3 is 19.5 Å². The zero-order chi connectivity index (χ0) is 20.8. The molecule has 3 rings (SSSR count). The van der Waals surface area contributed by atoms with Gasteiger partial charge in [0, 0.05) is 32.7 Å². The van der Waals surface area contributed by atoms with E-state index in [0.29, 0.717) is 31.1 Å². The summed E-state index contributed by atoms with van der Waals surface area (Å²) in [5.41, 5.74) is 1.16. The summed E-state index contributed by atoms with van der Waals surface area (Å²) in [6, 6.07) is 8.19. The summed E-state index contributed by atoms with van der Waals surface area (Å²) >= 11 is 0. The molecule has 5 nitrogen and oxygen atoms in total. The lowest BCUT2D eigenvalue weighted by atomic mass is 9.75. The number of benzene rings is 1. The van der Waals surface area contributed by atoms with Gasteiger partial charge in [0.1, 0.15) is 5.75 Å². The molecule has 2 fully saturated rings. The predicted molar refractivity (Wildman–Crippen MR) is 119 cm³/mol. The number of aliphatic hydroxyl groups is 1. The quantitative estimate of drug-likeness (QED) is 0.716. The van der Waals surface area contributed by atoms with E-state index >= 15 is 0 Å². The van der Waals surface area contributed by atoms with Crippen LogP contribution in [0.2, 0.25) is 0 Å². The van der Waals surface area contributed by atoms with Gasteiger partial charge in [-0.25, -0.2) is 0 Å². The SMILES string of the molecule is COc1ccccc1N1CCN(C[C@H](O)CO[C@@H]2C[C@H](C)CC[C@H]2C(C)C)CC1. The summed E-state index contributed by atoms with van der Waals surface area (Å²) < 4.78 is 11.7. The fraction of sp³-hybridized carbons (Fsp3) is 0.750. The molecule has 5 heteroatoms. The Morgan fingerprint density at radius 1 is 1.10 bits per heavy atom. The first-order valence-electron chi connectivity index (χ1n) is 11.4. The smallest absolute Gasteiger partial charge is 0.142 e. The molecule has 0 radical (unpaired) electrons. The Bertz CT molecular complexity index is 616. The van der Waals surface area contributed by atoms with Gasteiger partial charge in [-0.3, -0.25) is 4.90 Å². The Kier molecular flexibility index (Phi) is 8.22. The Hall–Kier alpha value is -1.30. The van der Waals surface area contributed by atoms with Crippen LogP contribution in [0.25, 0.3) is 0 Å². The summed E-state index contributed by atoms with van der Waals surface area (Å²) in [6.45, 7) is 11.9. The third kappa shape index (κ3) is 6.09. The standard InChI is InChI=1S/C24H40N2O3/c1-18(2)21-10-9-19(3)15-24(21)29-17-20(27)16-25-11-13-26(14-12-25)22-7-5-6-8-23(22)28-4/h5-8,18-21,24,27H,9-17H2,1-4H3/t19-,20+,21+,24-/m1/s1. The Morgan fingerprint density at radius 2 is 1.83 bits per heavy atom. The second-order valence-electron chi connectivity index (χ2n) is 9.31. The van der Waals surface area contributed by atoms with Gasteiger partial charge in [0.05, 0.1) is 31.6 Å². The maximum absolute atomic E-state index is 10.6. The van der Waals surface area contributed by atoms with Crippen LogP contribution in [0.3, 0.4) is 0 Å². The highest BCUT2D eigenvalue weighted by Crippen LogP contribution is 2.35. The van der Waals surface area contributed by atoms with E-state index in [1.165, 1.54) is 12.8 Å². The molecule has 1 aliphatic heterocycles. The monoisotopic (exact) mass is 404 g/mol. The summed E-state index contributed by atoms with van der Waals surface area (Å²) in [5, 5.41) is 10.6. The van der Waals surface area contributed by atoms with Crippen molar-refractivity contribution in [3.63, 3.8) is 0 Å². The van der Waals surface area contributed by atoms with Crippen molar-refractivity contribution in [2.24, 2.45) is 17.8 Å². The number of methoxy groups -OCH3 is 1. The van der Waals surface area contributed by atoms with E-state index in [2.05, 4.69) is 42.7 Å². The number of ether oxygens (including phenoxy) is 2. The van der Waals surface area contributed by atoms with E-state index < -0.39 is 6.10 Å². The lowest BCUT2D eigenvalue weighted by Crippen LogP contribution is -2.49. The van der Waals surface area contributed by atoms with Crippen LogP contribution in [0, 0.1) is 17.8 Å². The second kappa shape index (κ2) is 10.6. The topological polar surface area (TPSA) is 45.2 Å². The first-order chi connectivity index (χ1) is 14.0. The minimum Gasteiger partial charge on any atom is -0.495 e. The molecule has 1 aromatic carbocycles. The lowest BCUT2D eigenvalue weighted by molar-refractivity contribution is -0.0740. The molecule has 1 saturated heterocycles. The first-order valence-corrected chi connectivity index (χ1v) is 11.4. The van der Waals surface area contributed by atoms with E-state index in [4.69, 9.17) is 9.47 Å². The molecular formula is C24H40N2O3. The van der Waals surface area contributed by atoms with E-state index in [1.54, 1.807) is 7.11 Å². The molecule has 2 aliphatic rings. The average molecular weight is 405 g/mol. The maximum atomic E-state index is 10.6. The van der Waals surface area contributed by atoms with E-state index in [1.807, 2.05) is 12.1 Å². The number of para-hydroxylation sites is 2. The molecular weight excluding hydrogens is 364 g/mol. The van der Waals surface area contributed by atoms with E-state index in [0.717, 1.165) is 50.0 Å². The van der Waals surface area contributed by atoms with Crippen LogP contribution in [0.15, 0.2) is 24.3 Å². The largest absolute Gasteiger partial charge is 0.495 e. The number of rotatable bonds is 8. The van der Waals surface area contributed by atoms with Gasteiger partial charge in [0.2, 0.25) is 0 Å². The molecule has 1 N–H and O–H groups in total. The number of nitrogens with zero attached hydrogens (tertiary/aromatic N) is 2. The van der Waals surface area contributed by atoms with E-state index in [9.17, 15) is 5.11 Å². The van der Waals surface area contributed by atoms with Crippen LogP contribution in [0.4, 0.5) is 5.69 Å². The van der Waals surface area contributed by atoms with Crippen LogP contribution in [0.5, 0.6) is 5.75 Å². The summed E-state index contributed by atoms with van der Waals surface area (Å²) in [4.78, 5) is 4.72. The van der Waals surface area contributed by atoms with Gasteiger partial charge >= 0.3 is 0 Å².